The van der Waals surface area contributed by atoms with Crippen molar-refractivity contribution in [2.24, 2.45) is 0 Å². The average Bonchev–Trinajstić information content (AvgIpc) is 3.28. The molecule has 0 aliphatic heterocycles. The van der Waals surface area contributed by atoms with Crippen molar-refractivity contribution >= 4 is 11.9 Å². The van der Waals surface area contributed by atoms with Crippen LogP contribution in [0.5, 0.6) is 0 Å². The van der Waals surface area contributed by atoms with Gasteiger partial charge in [0.05, 0.1) is 25.4 Å². The molecule has 1 amide bonds. The van der Waals surface area contributed by atoms with Gasteiger partial charge in [-0.2, -0.15) is 0 Å². The number of ether oxygens (including phenoxy) is 1. The van der Waals surface area contributed by atoms with Crippen molar-refractivity contribution < 1.29 is 24.5 Å². The maximum absolute atomic E-state index is 12.5. The van der Waals surface area contributed by atoms with Gasteiger partial charge in [0.1, 0.15) is 0 Å². The Morgan fingerprint density at radius 2 is 0.746 bits per heavy atom. The third-order valence-corrected chi connectivity index (χ3v) is 13.0. The van der Waals surface area contributed by atoms with E-state index in [2.05, 4.69) is 31.3 Å². The van der Waals surface area contributed by atoms with Crippen LogP contribution in [0.3, 0.4) is 0 Å². The quantitative estimate of drug-likeness (QED) is 0.0321. The van der Waals surface area contributed by atoms with E-state index < -0.39 is 12.1 Å². The summed E-state index contributed by atoms with van der Waals surface area (Å²) in [7, 11) is 0. The molecule has 0 aliphatic carbocycles. The van der Waals surface area contributed by atoms with Gasteiger partial charge in [0.2, 0.25) is 5.91 Å². The van der Waals surface area contributed by atoms with Crippen molar-refractivity contribution in [3.8, 4) is 0 Å². The number of rotatable bonds is 52. The maximum atomic E-state index is 12.5. The van der Waals surface area contributed by atoms with Gasteiger partial charge in [0, 0.05) is 12.8 Å². The lowest BCUT2D eigenvalue weighted by molar-refractivity contribution is -0.143. The predicted molar refractivity (Wildman–Crippen MR) is 273 cm³/mol. The molecule has 372 valence electrons. The van der Waals surface area contributed by atoms with Crippen molar-refractivity contribution in [1.82, 2.24) is 5.32 Å². The van der Waals surface area contributed by atoms with Crippen molar-refractivity contribution in [2.45, 2.75) is 315 Å². The first-order valence-corrected chi connectivity index (χ1v) is 28.1. The Hall–Kier alpha value is -1.66. The monoisotopic (exact) mass is 888 g/mol. The van der Waals surface area contributed by atoms with Crippen LogP contribution in [0, 0.1) is 0 Å². The van der Waals surface area contributed by atoms with Gasteiger partial charge < -0.3 is 20.3 Å². The standard InChI is InChI=1S/C57H109NO5/c1-3-5-7-9-11-13-15-17-19-21-23-25-27-29-31-35-39-43-47-51-57(62)63-52-48-44-40-36-32-34-38-42-46-50-56(61)58-54(53-59)55(60)49-45-41-37-33-30-28-26-24-22-20-18-16-14-12-10-8-6-4-2/h17,19,45,49,54-55,59-60H,3-16,18,20-44,46-48,50-53H2,1-2H3,(H,58,61)/b19-17-,49-45+. The minimum Gasteiger partial charge on any atom is -0.466 e. The molecule has 63 heavy (non-hydrogen) atoms. The highest BCUT2D eigenvalue weighted by atomic mass is 16.5. The van der Waals surface area contributed by atoms with E-state index >= 15 is 0 Å². The van der Waals surface area contributed by atoms with Crippen LogP contribution in [-0.2, 0) is 14.3 Å². The zero-order valence-corrected chi connectivity index (χ0v) is 42.3. The Morgan fingerprint density at radius 3 is 1.13 bits per heavy atom. The second-order valence-electron chi connectivity index (χ2n) is 19.3. The summed E-state index contributed by atoms with van der Waals surface area (Å²) in [6.07, 6.45) is 63.3. The van der Waals surface area contributed by atoms with E-state index in [-0.39, 0.29) is 18.5 Å². The normalized spacial score (nSPS) is 12.8. The largest absolute Gasteiger partial charge is 0.466 e. The summed E-state index contributed by atoms with van der Waals surface area (Å²) < 4.78 is 5.47. The number of hydrogen-bond donors (Lipinski definition) is 3. The van der Waals surface area contributed by atoms with Crippen LogP contribution in [0.1, 0.15) is 303 Å². The van der Waals surface area contributed by atoms with Gasteiger partial charge >= 0.3 is 5.97 Å². The molecule has 2 unspecified atom stereocenters. The van der Waals surface area contributed by atoms with Crippen LogP contribution in [0.15, 0.2) is 24.3 Å². The molecule has 0 aliphatic rings. The molecule has 6 nitrogen and oxygen atoms in total. The van der Waals surface area contributed by atoms with E-state index in [4.69, 9.17) is 4.74 Å². The molecule has 6 heteroatoms. The Balaban J connectivity index is 3.50. The Bertz CT molecular complexity index is 982. The van der Waals surface area contributed by atoms with Crippen LogP contribution in [0.25, 0.3) is 0 Å². The van der Waals surface area contributed by atoms with Crippen molar-refractivity contribution in [3.63, 3.8) is 0 Å². The van der Waals surface area contributed by atoms with E-state index in [9.17, 15) is 19.8 Å². The molecule has 0 rings (SSSR count). The second-order valence-corrected chi connectivity index (χ2v) is 19.3. The molecule has 0 saturated carbocycles. The number of carbonyl (C=O) groups is 2. The van der Waals surface area contributed by atoms with Gasteiger partial charge in [-0.1, -0.05) is 256 Å². The van der Waals surface area contributed by atoms with Crippen LogP contribution >= 0.6 is 0 Å². The summed E-state index contributed by atoms with van der Waals surface area (Å²) in [6, 6.07) is -0.648. The van der Waals surface area contributed by atoms with Crippen LogP contribution in [-0.4, -0.2) is 47.4 Å². The molecule has 2 atom stereocenters. The molecule has 0 bridgehead atoms. The highest BCUT2D eigenvalue weighted by Gasteiger charge is 2.18. The Kier molecular flexibility index (Phi) is 51.6. The molecule has 0 radical (unpaired) electrons. The number of carbonyl (C=O) groups excluding carboxylic acids is 2. The molecule has 0 saturated heterocycles. The van der Waals surface area contributed by atoms with Crippen molar-refractivity contribution in [1.29, 1.82) is 0 Å². The topological polar surface area (TPSA) is 95.9 Å². The fourth-order valence-electron chi connectivity index (χ4n) is 8.63. The van der Waals surface area contributed by atoms with E-state index in [1.165, 1.54) is 218 Å². The molecule has 3 N–H and O–H groups in total. The van der Waals surface area contributed by atoms with Crippen molar-refractivity contribution in [3.05, 3.63) is 24.3 Å². The molecule has 0 aromatic heterocycles. The van der Waals surface area contributed by atoms with Crippen LogP contribution in [0.2, 0.25) is 0 Å². The number of unbranched alkanes of at least 4 members (excludes halogenated alkanes) is 39. The fourth-order valence-corrected chi connectivity index (χ4v) is 8.63. The number of allylic oxidation sites excluding steroid dienone is 3. The van der Waals surface area contributed by atoms with Gasteiger partial charge in [0.25, 0.3) is 0 Å². The van der Waals surface area contributed by atoms with Crippen molar-refractivity contribution in [2.75, 3.05) is 13.2 Å². The van der Waals surface area contributed by atoms with Gasteiger partial charge in [-0.25, -0.2) is 0 Å². The highest BCUT2D eigenvalue weighted by Crippen LogP contribution is 2.16. The summed E-state index contributed by atoms with van der Waals surface area (Å²) in [6.45, 7) is 4.85. The van der Waals surface area contributed by atoms with Gasteiger partial charge in [-0.3, -0.25) is 9.59 Å². The maximum Gasteiger partial charge on any atom is 0.305 e. The van der Waals surface area contributed by atoms with Gasteiger partial charge in [0.15, 0.2) is 0 Å². The Morgan fingerprint density at radius 1 is 0.429 bits per heavy atom. The summed E-state index contributed by atoms with van der Waals surface area (Å²) >= 11 is 0. The minimum absolute atomic E-state index is 0.0273. The third kappa shape index (κ3) is 49.6. The van der Waals surface area contributed by atoms with Gasteiger partial charge in [-0.05, 0) is 57.8 Å². The lowest BCUT2D eigenvalue weighted by atomic mass is 10.0. The fraction of sp³-hybridized carbons (Fsp3) is 0.895. The first kappa shape index (κ1) is 61.3. The Labute approximate surface area is 392 Å². The zero-order chi connectivity index (χ0) is 45.8. The van der Waals surface area contributed by atoms with Crippen LogP contribution in [0.4, 0.5) is 0 Å². The number of nitrogens with one attached hydrogen (secondary N) is 1. The lowest BCUT2D eigenvalue weighted by Crippen LogP contribution is -2.45. The van der Waals surface area contributed by atoms with Crippen LogP contribution < -0.4 is 5.32 Å². The number of amides is 1. The first-order valence-electron chi connectivity index (χ1n) is 28.1. The third-order valence-electron chi connectivity index (χ3n) is 13.0. The molecular weight excluding hydrogens is 779 g/mol. The van der Waals surface area contributed by atoms with E-state index in [0.29, 0.717) is 19.4 Å². The summed E-state index contributed by atoms with van der Waals surface area (Å²) in [5, 5.41) is 23.1. The summed E-state index contributed by atoms with van der Waals surface area (Å²) in [4.78, 5) is 24.5. The zero-order valence-electron chi connectivity index (χ0n) is 42.3. The molecule has 0 aromatic rings. The number of esters is 1. The second kappa shape index (κ2) is 53.0. The first-order chi connectivity index (χ1) is 31.0. The number of hydrogen-bond acceptors (Lipinski definition) is 5. The lowest BCUT2D eigenvalue weighted by Gasteiger charge is -2.20. The minimum atomic E-state index is -0.862. The summed E-state index contributed by atoms with van der Waals surface area (Å²) in [5.41, 5.74) is 0. The molecule has 0 fully saturated rings. The van der Waals surface area contributed by atoms with E-state index in [1.807, 2.05) is 6.08 Å². The average molecular weight is 889 g/mol. The van der Waals surface area contributed by atoms with Gasteiger partial charge in [-0.15, -0.1) is 0 Å². The summed E-state index contributed by atoms with van der Waals surface area (Å²) in [5.74, 6) is -0.121. The highest BCUT2D eigenvalue weighted by molar-refractivity contribution is 5.76. The SMILES string of the molecule is CCCCCCCC/C=C\CCCCCCCCCCCC(=O)OCCCCCCCCCCCC(=O)NC(CO)C(O)/C=C/CCCCCCCCCCCCCCCCCC. The predicted octanol–water partition coefficient (Wildman–Crippen LogP) is 17.1. The number of aliphatic hydroxyl groups is 2. The molecule has 0 heterocycles. The number of aliphatic hydroxyl groups excluding tert-OH is 2. The van der Waals surface area contributed by atoms with E-state index in [1.54, 1.807) is 6.08 Å². The molecule has 0 aromatic carbocycles. The smallest absolute Gasteiger partial charge is 0.305 e. The molecule has 0 spiro atoms. The van der Waals surface area contributed by atoms with E-state index in [0.717, 1.165) is 57.8 Å². The molecular formula is C57H109NO5.